The summed E-state index contributed by atoms with van der Waals surface area (Å²) in [5.74, 6) is -0.156. The molecule has 1 amide bonds. The highest BCUT2D eigenvalue weighted by molar-refractivity contribution is 7.92. The second kappa shape index (κ2) is 11.2. The number of anilines is 2. The second-order valence-electron chi connectivity index (χ2n) is 8.42. The van der Waals surface area contributed by atoms with Gasteiger partial charge in [0.15, 0.2) is 0 Å². The zero-order chi connectivity index (χ0) is 25.0. The van der Waals surface area contributed by atoms with Crippen molar-refractivity contribution in [1.82, 2.24) is 4.90 Å². The van der Waals surface area contributed by atoms with E-state index in [1.165, 1.54) is 24.3 Å². The molecule has 0 aromatic heterocycles. The molecule has 0 spiro atoms. The van der Waals surface area contributed by atoms with Crippen molar-refractivity contribution < 1.29 is 13.2 Å². The summed E-state index contributed by atoms with van der Waals surface area (Å²) in [5.41, 5.74) is 1.93. The topological polar surface area (TPSA) is 78.5 Å². The van der Waals surface area contributed by atoms with Gasteiger partial charge in [0.1, 0.15) is 0 Å². The van der Waals surface area contributed by atoms with Gasteiger partial charge in [0.05, 0.1) is 15.6 Å². The lowest BCUT2D eigenvalue weighted by Crippen LogP contribution is -2.37. The Labute approximate surface area is 220 Å². The third kappa shape index (κ3) is 6.90. The smallest absolute Gasteiger partial charge is 0.261 e. The van der Waals surface area contributed by atoms with Crippen molar-refractivity contribution in [3.63, 3.8) is 0 Å². The summed E-state index contributed by atoms with van der Waals surface area (Å²) in [6.07, 6.45) is 1.51. The van der Waals surface area contributed by atoms with Crippen LogP contribution in [0.25, 0.3) is 0 Å². The van der Waals surface area contributed by atoms with Crippen LogP contribution in [-0.2, 0) is 21.4 Å². The largest absolute Gasteiger partial charge is 0.326 e. The summed E-state index contributed by atoms with van der Waals surface area (Å²) in [4.78, 5) is 15.1. The molecule has 0 radical (unpaired) electrons. The fourth-order valence-corrected chi connectivity index (χ4v) is 5.79. The summed E-state index contributed by atoms with van der Waals surface area (Å²) in [6.45, 7) is 2.45. The molecule has 1 aliphatic rings. The van der Waals surface area contributed by atoms with Crippen LogP contribution in [-0.4, -0.2) is 32.3 Å². The van der Waals surface area contributed by atoms with Gasteiger partial charge in [0.2, 0.25) is 5.91 Å². The molecule has 0 saturated carbocycles. The van der Waals surface area contributed by atoms with Gasteiger partial charge in [-0.2, -0.15) is 0 Å². The molecule has 184 valence electrons. The summed E-state index contributed by atoms with van der Waals surface area (Å²) >= 11 is 18.0. The third-order valence-electron chi connectivity index (χ3n) is 5.86. The number of rotatable bonds is 7. The number of amides is 1. The lowest BCUT2D eigenvalue weighted by atomic mass is 9.95. The zero-order valence-electron chi connectivity index (χ0n) is 18.7. The number of sulfonamides is 1. The number of benzene rings is 3. The first-order valence-electron chi connectivity index (χ1n) is 11.1. The molecular formula is C25H24Cl3N3O3S. The Morgan fingerprint density at radius 3 is 2.26 bits per heavy atom. The number of hydrogen-bond donors (Lipinski definition) is 2. The van der Waals surface area contributed by atoms with Crippen LogP contribution in [0.15, 0.2) is 71.6 Å². The lowest BCUT2D eigenvalue weighted by molar-refractivity contribution is -0.121. The van der Waals surface area contributed by atoms with E-state index in [1.807, 2.05) is 24.3 Å². The molecule has 1 fully saturated rings. The van der Waals surface area contributed by atoms with Crippen LogP contribution < -0.4 is 10.0 Å². The molecule has 4 rings (SSSR count). The van der Waals surface area contributed by atoms with E-state index in [0.29, 0.717) is 10.7 Å². The minimum Gasteiger partial charge on any atom is -0.326 e. The Balaban J connectivity index is 1.31. The van der Waals surface area contributed by atoms with Gasteiger partial charge in [-0.3, -0.25) is 14.4 Å². The first-order chi connectivity index (χ1) is 16.7. The first-order valence-corrected chi connectivity index (χ1v) is 13.7. The molecule has 0 bridgehead atoms. The van der Waals surface area contributed by atoms with Crippen molar-refractivity contribution in [2.24, 2.45) is 5.92 Å². The maximum absolute atomic E-state index is 12.8. The molecule has 0 aliphatic carbocycles. The van der Waals surface area contributed by atoms with E-state index in [0.717, 1.165) is 43.1 Å². The highest BCUT2D eigenvalue weighted by atomic mass is 35.5. The minimum atomic E-state index is -3.85. The number of hydrogen-bond acceptors (Lipinski definition) is 4. The van der Waals surface area contributed by atoms with Crippen LogP contribution in [0.4, 0.5) is 11.4 Å². The van der Waals surface area contributed by atoms with Crippen molar-refractivity contribution in [3.05, 3.63) is 87.4 Å². The number of carbonyl (C=O) groups excluding carboxylic acids is 1. The summed E-state index contributed by atoms with van der Waals surface area (Å²) in [5, 5.41) is 4.23. The Morgan fingerprint density at radius 2 is 1.60 bits per heavy atom. The molecule has 35 heavy (non-hydrogen) atoms. The number of piperidine rings is 1. The van der Waals surface area contributed by atoms with Crippen LogP contribution >= 0.6 is 34.8 Å². The fourth-order valence-electron chi connectivity index (χ4n) is 3.98. The van der Waals surface area contributed by atoms with Crippen LogP contribution in [0.1, 0.15) is 18.4 Å². The normalized spacial score (nSPS) is 15.1. The second-order valence-corrected chi connectivity index (χ2v) is 11.4. The number of nitrogens with one attached hydrogen (secondary N) is 2. The van der Waals surface area contributed by atoms with Crippen molar-refractivity contribution in [2.45, 2.75) is 24.3 Å². The van der Waals surface area contributed by atoms with Gasteiger partial charge in [-0.15, -0.1) is 0 Å². The number of halogens is 3. The van der Waals surface area contributed by atoms with Crippen molar-refractivity contribution >= 4 is 62.1 Å². The van der Waals surface area contributed by atoms with Crippen molar-refractivity contribution in [3.8, 4) is 0 Å². The van der Waals surface area contributed by atoms with Gasteiger partial charge in [-0.1, -0.05) is 46.9 Å². The van der Waals surface area contributed by atoms with Gasteiger partial charge in [0, 0.05) is 28.2 Å². The highest BCUT2D eigenvalue weighted by Crippen LogP contribution is 2.28. The Hall–Kier alpha value is -2.29. The molecule has 0 atom stereocenters. The SMILES string of the molecule is O=C(Nc1ccc(S(=O)(=O)Nc2ccc(Cl)cc2Cl)cc1)C1CCN(Cc2cccc(Cl)c2)CC1. The van der Waals surface area contributed by atoms with Crippen LogP contribution in [0.2, 0.25) is 15.1 Å². The zero-order valence-corrected chi connectivity index (χ0v) is 21.8. The standard InChI is InChI=1S/C25H24Cl3N3O3S/c26-19-3-1-2-17(14-19)16-31-12-10-18(11-13-31)25(32)29-21-5-7-22(8-6-21)35(33,34)30-24-9-4-20(27)15-23(24)28/h1-9,14-15,18,30H,10-13,16H2,(H,29,32). The van der Waals surface area contributed by atoms with Crippen LogP contribution in [0.5, 0.6) is 0 Å². The van der Waals surface area contributed by atoms with E-state index in [1.54, 1.807) is 18.2 Å². The number of nitrogens with zero attached hydrogens (tertiary/aromatic N) is 1. The average Bonchev–Trinajstić information content (AvgIpc) is 2.82. The number of likely N-dealkylation sites (tertiary alicyclic amines) is 1. The molecule has 2 N–H and O–H groups in total. The summed E-state index contributed by atoms with van der Waals surface area (Å²) in [7, 11) is -3.85. The minimum absolute atomic E-state index is 0.0517. The molecule has 0 unspecified atom stereocenters. The Morgan fingerprint density at radius 1 is 0.914 bits per heavy atom. The van der Waals surface area contributed by atoms with Gasteiger partial charge < -0.3 is 5.32 Å². The van der Waals surface area contributed by atoms with Crippen LogP contribution in [0, 0.1) is 5.92 Å². The monoisotopic (exact) mass is 551 g/mol. The molecule has 3 aromatic rings. The molecule has 1 aliphatic heterocycles. The molecule has 1 saturated heterocycles. The van der Waals surface area contributed by atoms with E-state index in [9.17, 15) is 13.2 Å². The van der Waals surface area contributed by atoms with Gasteiger partial charge in [0.25, 0.3) is 10.0 Å². The fraction of sp³-hybridized carbons (Fsp3) is 0.240. The van der Waals surface area contributed by atoms with Crippen molar-refractivity contribution in [1.29, 1.82) is 0 Å². The molecule has 6 nitrogen and oxygen atoms in total. The quantitative estimate of drug-likeness (QED) is 0.361. The van der Waals surface area contributed by atoms with E-state index in [4.69, 9.17) is 34.8 Å². The van der Waals surface area contributed by atoms with E-state index >= 15 is 0 Å². The number of carbonyl (C=O) groups is 1. The highest BCUT2D eigenvalue weighted by Gasteiger charge is 2.25. The summed E-state index contributed by atoms with van der Waals surface area (Å²) < 4.78 is 27.8. The maximum Gasteiger partial charge on any atom is 0.261 e. The van der Waals surface area contributed by atoms with Gasteiger partial charge >= 0.3 is 0 Å². The van der Waals surface area contributed by atoms with Gasteiger partial charge in [-0.05, 0) is 86.1 Å². The predicted octanol–water partition coefficient (Wildman–Crippen LogP) is 6.30. The molecule has 3 aromatic carbocycles. The van der Waals surface area contributed by atoms with E-state index in [2.05, 4.69) is 14.9 Å². The summed E-state index contributed by atoms with van der Waals surface area (Å²) in [6, 6.07) is 18.3. The third-order valence-corrected chi connectivity index (χ3v) is 8.03. The van der Waals surface area contributed by atoms with E-state index in [-0.39, 0.29) is 27.4 Å². The van der Waals surface area contributed by atoms with E-state index < -0.39 is 10.0 Å². The first kappa shape index (κ1) is 25.8. The average molecular weight is 553 g/mol. The molecular weight excluding hydrogens is 529 g/mol. The maximum atomic E-state index is 12.8. The van der Waals surface area contributed by atoms with Crippen LogP contribution in [0.3, 0.4) is 0 Å². The van der Waals surface area contributed by atoms with Crippen molar-refractivity contribution in [2.75, 3.05) is 23.1 Å². The lowest BCUT2D eigenvalue weighted by Gasteiger charge is -2.31. The predicted molar refractivity (Wildman–Crippen MR) is 142 cm³/mol. The Bertz CT molecular complexity index is 1310. The Kier molecular flexibility index (Phi) is 8.24. The molecule has 10 heteroatoms. The van der Waals surface area contributed by atoms with Gasteiger partial charge in [-0.25, -0.2) is 8.42 Å². The molecule has 1 heterocycles.